The number of pyridine rings is 2. The summed E-state index contributed by atoms with van der Waals surface area (Å²) in [6.07, 6.45) is 1.67. The van der Waals surface area contributed by atoms with Crippen LogP contribution in [0.5, 0.6) is 5.75 Å². The van der Waals surface area contributed by atoms with Gasteiger partial charge in [0, 0.05) is 23.7 Å². The number of ether oxygens (including phenoxy) is 2. The number of aryl methyl sites for hydroxylation is 1. The average molecular weight is 372 g/mol. The standard InChI is InChI=1S/C19H18ClN3O3/c1-4-23-16-9-17(20)22-10-13(16)8-15(18(23)21)11-5-12(19(24)26-3)7-14(6-11)25-2/h5-10,21H,4H2,1-3H3. The van der Waals surface area contributed by atoms with Crippen LogP contribution in [0.15, 0.2) is 36.5 Å². The molecule has 6 nitrogen and oxygen atoms in total. The predicted octanol–water partition coefficient (Wildman–Crippen LogP) is 3.65. The van der Waals surface area contributed by atoms with Gasteiger partial charge in [-0.1, -0.05) is 11.6 Å². The van der Waals surface area contributed by atoms with Crippen molar-refractivity contribution in [2.75, 3.05) is 14.2 Å². The number of carbonyl (C=O) groups is 1. The van der Waals surface area contributed by atoms with Gasteiger partial charge in [0.2, 0.25) is 0 Å². The minimum atomic E-state index is -0.464. The maximum atomic E-state index is 12.0. The molecule has 0 unspecified atom stereocenters. The first-order chi connectivity index (χ1) is 12.5. The largest absolute Gasteiger partial charge is 0.497 e. The summed E-state index contributed by atoms with van der Waals surface area (Å²) in [6, 6.07) is 8.69. The van der Waals surface area contributed by atoms with Gasteiger partial charge in [0.05, 0.1) is 25.3 Å². The zero-order valence-corrected chi connectivity index (χ0v) is 15.4. The fraction of sp³-hybridized carbons (Fsp3) is 0.211. The number of hydrogen-bond acceptors (Lipinski definition) is 5. The van der Waals surface area contributed by atoms with Crippen LogP contribution < -0.4 is 10.2 Å². The number of halogens is 1. The van der Waals surface area contributed by atoms with E-state index in [1.54, 1.807) is 30.5 Å². The molecule has 0 saturated carbocycles. The summed E-state index contributed by atoms with van der Waals surface area (Å²) in [5.41, 5.74) is 2.85. The molecular weight excluding hydrogens is 354 g/mol. The average Bonchev–Trinajstić information content (AvgIpc) is 2.66. The Morgan fingerprint density at radius 2 is 2.00 bits per heavy atom. The van der Waals surface area contributed by atoms with Gasteiger partial charge in [0.15, 0.2) is 0 Å². The molecule has 0 spiro atoms. The van der Waals surface area contributed by atoms with Gasteiger partial charge in [-0.3, -0.25) is 5.41 Å². The number of benzene rings is 1. The van der Waals surface area contributed by atoms with E-state index in [9.17, 15) is 4.79 Å². The Balaban J connectivity index is 2.32. The predicted molar refractivity (Wildman–Crippen MR) is 99.6 cm³/mol. The van der Waals surface area contributed by atoms with Crippen LogP contribution in [0.25, 0.3) is 22.0 Å². The lowest BCUT2D eigenvalue weighted by molar-refractivity contribution is 0.0600. The minimum absolute atomic E-state index is 0.311. The molecule has 1 aromatic carbocycles. The summed E-state index contributed by atoms with van der Waals surface area (Å²) in [7, 11) is 2.86. The number of rotatable bonds is 4. The minimum Gasteiger partial charge on any atom is -0.497 e. The van der Waals surface area contributed by atoms with E-state index in [2.05, 4.69) is 4.98 Å². The Kier molecular flexibility index (Phi) is 4.95. The fourth-order valence-electron chi connectivity index (χ4n) is 2.92. The van der Waals surface area contributed by atoms with Gasteiger partial charge in [-0.2, -0.15) is 0 Å². The molecule has 7 heteroatoms. The highest BCUT2D eigenvalue weighted by Gasteiger charge is 2.14. The van der Waals surface area contributed by atoms with Gasteiger partial charge in [-0.25, -0.2) is 9.78 Å². The molecule has 134 valence electrons. The normalized spacial score (nSPS) is 10.8. The Bertz CT molecular complexity index is 1060. The quantitative estimate of drug-likeness (QED) is 0.561. The third-order valence-corrected chi connectivity index (χ3v) is 4.39. The smallest absolute Gasteiger partial charge is 0.338 e. The summed E-state index contributed by atoms with van der Waals surface area (Å²) in [5, 5.41) is 9.86. The van der Waals surface area contributed by atoms with Crippen molar-refractivity contribution >= 4 is 28.5 Å². The Hall–Kier alpha value is -2.86. The third kappa shape index (κ3) is 3.15. The first-order valence-electron chi connectivity index (χ1n) is 8.00. The SMILES string of the molecule is CCn1c(=N)c(-c2cc(OC)cc(C(=O)OC)c2)cc2cnc(Cl)cc21. The summed E-state index contributed by atoms with van der Waals surface area (Å²) in [4.78, 5) is 16.1. The second-order valence-corrected chi connectivity index (χ2v) is 6.05. The molecule has 0 radical (unpaired) electrons. The first kappa shape index (κ1) is 17.9. The highest BCUT2D eigenvalue weighted by Crippen LogP contribution is 2.27. The molecule has 0 atom stereocenters. The zero-order chi connectivity index (χ0) is 18.8. The summed E-state index contributed by atoms with van der Waals surface area (Å²) in [6.45, 7) is 2.55. The molecule has 1 N–H and O–H groups in total. The highest BCUT2D eigenvalue weighted by molar-refractivity contribution is 6.30. The maximum Gasteiger partial charge on any atom is 0.338 e. The van der Waals surface area contributed by atoms with Gasteiger partial charge in [-0.05, 0) is 42.8 Å². The van der Waals surface area contributed by atoms with Crippen LogP contribution in [0.1, 0.15) is 17.3 Å². The number of fused-ring (bicyclic) bond motifs is 1. The van der Waals surface area contributed by atoms with E-state index in [0.29, 0.717) is 39.6 Å². The number of methoxy groups -OCH3 is 2. The van der Waals surface area contributed by atoms with E-state index in [1.807, 2.05) is 17.6 Å². The molecule has 3 rings (SSSR count). The Labute approximate surface area is 155 Å². The second kappa shape index (κ2) is 7.17. The van der Waals surface area contributed by atoms with Crippen LogP contribution >= 0.6 is 11.6 Å². The molecule has 0 amide bonds. The van der Waals surface area contributed by atoms with Crippen LogP contribution in [-0.2, 0) is 11.3 Å². The van der Waals surface area contributed by atoms with Gasteiger partial charge < -0.3 is 14.0 Å². The molecule has 0 saturated heterocycles. The lowest BCUT2D eigenvalue weighted by Gasteiger charge is -2.14. The summed E-state index contributed by atoms with van der Waals surface area (Å²) in [5.74, 6) is 0.0500. The van der Waals surface area contributed by atoms with Gasteiger partial charge in [0.1, 0.15) is 16.4 Å². The molecule has 0 aliphatic rings. The fourth-order valence-corrected chi connectivity index (χ4v) is 3.07. The molecule has 0 bridgehead atoms. The molecule has 3 aromatic rings. The molecule has 2 aromatic heterocycles. The zero-order valence-electron chi connectivity index (χ0n) is 14.7. The van der Waals surface area contributed by atoms with Gasteiger partial charge in [-0.15, -0.1) is 0 Å². The van der Waals surface area contributed by atoms with Crippen molar-refractivity contribution in [2.24, 2.45) is 0 Å². The van der Waals surface area contributed by atoms with Crippen molar-refractivity contribution in [3.05, 3.63) is 52.7 Å². The van der Waals surface area contributed by atoms with E-state index in [0.717, 1.165) is 10.9 Å². The number of carbonyl (C=O) groups excluding carboxylic acids is 1. The monoisotopic (exact) mass is 371 g/mol. The molecule has 0 fully saturated rings. The highest BCUT2D eigenvalue weighted by atomic mass is 35.5. The number of hydrogen-bond donors (Lipinski definition) is 1. The van der Waals surface area contributed by atoms with E-state index in [-0.39, 0.29) is 0 Å². The summed E-state index contributed by atoms with van der Waals surface area (Å²) >= 11 is 6.01. The van der Waals surface area contributed by atoms with Crippen molar-refractivity contribution in [1.29, 1.82) is 5.41 Å². The van der Waals surface area contributed by atoms with Crippen molar-refractivity contribution in [3.8, 4) is 16.9 Å². The second-order valence-electron chi connectivity index (χ2n) is 5.66. The van der Waals surface area contributed by atoms with Gasteiger partial charge in [0.25, 0.3) is 0 Å². The van der Waals surface area contributed by atoms with E-state index in [1.165, 1.54) is 14.2 Å². The first-order valence-corrected chi connectivity index (χ1v) is 8.37. The molecule has 26 heavy (non-hydrogen) atoms. The maximum absolute atomic E-state index is 12.0. The lowest BCUT2D eigenvalue weighted by Crippen LogP contribution is -2.21. The molecular formula is C19H18ClN3O3. The summed E-state index contributed by atoms with van der Waals surface area (Å²) < 4.78 is 12.0. The van der Waals surface area contributed by atoms with Crippen molar-refractivity contribution in [1.82, 2.24) is 9.55 Å². The van der Waals surface area contributed by atoms with Crippen LogP contribution in [0.3, 0.4) is 0 Å². The van der Waals surface area contributed by atoms with Gasteiger partial charge >= 0.3 is 5.97 Å². The van der Waals surface area contributed by atoms with Crippen molar-refractivity contribution in [2.45, 2.75) is 13.5 Å². The number of nitrogens with one attached hydrogen (secondary N) is 1. The number of esters is 1. The van der Waals surface area contributed by atoms with Crippen LogP contribution in [0.4, 0.5) is 0 Å². The van der Waals surface area contributed by atoms with E-state index < -0.39 is 5.97 Å². The van der Waals surface area contributed by atoms with E-state index in [4.69, 9.17) is 26.5 Å². The molecule has 0 aliphatic carbocycles. The molecule has 2 heterocycles. The Morgan fingerprint density at radius 3 is 2.65 bits per heavy atom. The number of nitrogens with zero attached hydrogens (tertiary/aromatic N) is 2. The number of aromatic nitrogens is 2. The van der Waals surface area contributed by atoms with E-state index >= 15 is 0 Å². The topological polar surface area (TPSA) is 77.2 Å². The van der Waals surface area contributed by atoms with Crippen LogP contribution in [-0.4, -0.2) is 29.7 Å². The van der Waals surface area contributed by atoms with Crippen molar-refractivity contribution < 1.29 is 14.3 Å². The lowest BCUT2D eigenvalue weighted by atomic mass is 10.0. The third-order valence-electron chi connectivity index (χ3n) is 4.18. The Morgan fingerprint density at radius 1 is 1.23 bits per heavy atom. The van der Waals surface area contributed by atoms with Crippen LogP contribution in [0, 0.1) is 5.41 Å². The van der Waals surface area contributed by atoms with Crippen molar-refractivity contribution in [3.63, 3.8) is 0 Å². The molecule has 0 aliphatic heterocycles. The van der Waals surface area contributed by atoms with Crippen LogP contribution in [0.2, 0.25) is 5.15 Å².